The van der Waals surface area contributed by atoms with E-state index < -0.39 is 6.04 Å². The first-order valence-corrected chi connectivity index (χ1v) is 11.8. The van der Waals surface area contributed by atoms with E-state index in [1.807, 2.05) is 25.1 Å². The smallest absolute Gasteiger partial charge is 0.242 e. The van der Waals surface area contributed by atoms with E-state index in [9.17, 15) is 9.59 Å². The van der Waals surface area contributed by atoms with Gasteiger partial charge < -0.3 is 10.2 Å². The largest absolute Gasteiger partial charge is 0.352 e. The number of nitrogens with one attached hydrogen (secondary N) is 1. The molecule has 0 aliphatic heterocycles. The van der Waals surface area contributed by atoms with Crippen molar-refractivity contribution in [1.82, 2.24) is 10.2 Å². The average Bonchev–Trinajstić information content (AvgIpc) is 3.31. The van der Waals surface area contributed by atoms with Gasteiger partial charge in [0, 0.05) is 19.0 Å². The van der Waals surface area contributed by atoms with E-state index in [0.29, 0.717) is 19.4 Å². The van der Waals surface area contributed by atoms with Crippen molar-refractivity contribution >= 4 is 11.8 Å². The van der Waals surface area contributed by atoms with E-state index in [0.717, 1.165) is 31.2 Å². The van der Waals surface area contributed by atoms with Crippen LogP contribution < -0.4 is 5.32 Å². The van der Waals surface area contributed by atoms with Crippen molar-refractivity contribution < 1.29 is 9.59 Å². The molecule has 0 bridgehead atoms. The summed E-state index contributed by atoms with van der Waals surface area (Å²) in [6.07, 6.45) is 7.32. The van der Waals surface area contributed by atoms with Crippen molar-refractivity contribution in [1.29, 1.82) is 0 Å². The predicted octanol–water partition coefficient (Wildman–Crippen LogP) is 4.70. The average molecular weight is 421 g/mol. The summed E-state index contributed by atoms with van der Waals surface area (Å²) in [5.74, 6) is 0.0187. The molecule has 4 heteroatoms. The van der Waals surface area contributed by atoms with Crippen LogP contribution in [0.15, 0.2) is 54.6 Å². The van der Waals surface area contributed by atoms with E-state index in [1.165, 1.54) is 24.0 Å². The Morgan fingerprint density at radius 3 is 2.19 bits per heavy atom. The number of hydrogen-bond acceptors (Lipinski definition) is 2. The fourth-order valence-corrected chi connectivity index (χ4v) is 4.30. The summed E-state index contributed by atoms with van der Waals surface area (Å²) in [7, 11) is 0. The van der Waals surface area contributed by atoms with Gasteiger partial charge in [0.15, 0.2) is 0 Å². The van der Waals surface area contributed by atoms with Crippen LogP contribution in [0.3, 0.4) is 0 Å². The Kier molecular flexibility index (Phi) is 8.69. The second kappa shape index (κ2) is 11.7. The van der Waals surface area contributed by atoms with E-state index in [-0.39, 0.29) is 17.9 Å². The van der Waals surface area contributed by atoms with Gasteiger partial charge >= 0.3 is 0 Å². The molecule has 31 heavy (non-hydrogen) atoms. The lowest BCUT2D eigenvalue weighted by Gasteiger charge is -2.30. The third-order valence-electron chi connectivity index (χ3n) is 6.41. The quantitative estimate of drug-likeness (QED) is 0.606. The van der Waals surface area contributed by atoms with Crippen molar-refractivity contribution in [3.05, 3.63) is 71.3 Å². The summed E-state index contributed by atoms with van der Waals surface area (Å²) in [6.45, 7) is 4.56. The molecule has 1 aliphatic carbocycles. The zero-order chi connectivity index (χ0) is 22.1. The highest BCUT2D eigenvalue weighted by Gasteiger charge is 2.27. The van der Waals surface area contributed by atoms with Gasteiger partial charge in [0.05, 0.1) is 0 Å². The molecule has 0 unspecified atom stereocenters. The lowest BCUT2D eigenvalue weighted by Crippen LogP contribution is -2.50. The van der Waals surface area contributed by atoms with Gasteiger partial charge in [-0.25, -0.2) is 0 Å². The minimum Gasteiger partial charge on any atom is -0.352 e. The number of carbonyl (C=O) groups is 2. The molecule has 2 aromatic carbocycles. The second-order valence-electron chi connectivity index (χ2n) is 8.66. The Bertz CT molecular complexity index is 826. The lowest BCUT2D eigenvalue weighted by molar-refractivity contribution is -0.140. The van der Waals surface area contributed by atoms with E-state index in [2.05, 4.69) is 48.6 Å². The summed E-state index contributed by atoms with van der Waals surface area (Å²) in [5, 5.41) is 3.17. The van der Waals surface area contributed by atoms with Gasteiger partial charge in [-0.1, -0.05) is 74.4 Å². The van der Waals surface area contributed by atoms with Gasteiger partial charge in [0.1, 0.15) is 6.04 Å². The first kappa shape index (κ1) is 23.1. The van der Waals surface area contributed by atoms with E-state index >= 15 is 0 Å². The van der Waals surface area contributed by atoms with Crippen LogP contribution in [0, 0.1) is 0 Å². The van der Waals surface area contributed by atoms with Crippen molar-refractivity contribution in [2.45, 2.75) is 77.3 Å². The Hall–Kier alpha value is -2.62. The number of benzene rings is 2. The normalized spacial score (nSPS) is 14.9. The molecular weight excluding hydrogens is 384 g/mol. The Balaban J connectivity index is 1.63. The Morgan fingerprint density at radius 2 is 1.55 bits per heavy atom. The molecule has 2 aromatic rings. The summed E-state index contributed by atoms with van der Waals surface area (Å²) >= 11 is 0. The standard InChI is InChI=1S/C27H36N2O2/c1-3-22-13-15-24(16-14-22)17-18-26(30)29(20-19-23-9-5-4-6-10-23)21(2)27(31)28-25-11-7-8-12-25/h4-6,9-10,13-16,21,25H,3,7-8,11-12,17-20H2,1-2H3,(H,28,31)/t21-/m1/s1. The molecule has 1 fully saturated rings. The molecule has 166 valence electrons. The number of rotatable bonds is 10. The van der Waals surface area contributed by atoms with Crippen LogP contribution in [0.2, 0.25) is 0 Å². The van der Waals surface area contributed by atoms with Crippen molar-refractivity contribution in [3.63, 3.8) is 0 Å². The first-order chi connectivity index (χ1) is 15.1. The molecule has 0 radical (unpaired) electrons. The monoisotopic (exact) mass is 420 g/mol. The van der Waals surface area contributed by atoms with Crippen LogP contribution in [-0.2, 0) is 28.9 Å². The topological polar surface area (TPSA) is 49.4 Å². The van der Waals surface area contributed by atoms with Gasteiger partial charge in [-0.3, -0.25) is 9.59 Å². The number of aryl methyl sites for hydroxylation is 2. The highest BCUT2D eigenvalue weighted by atomic mass is 16.2. The van der Waals surface area contributed by atoms with Crippen LogP contribution in [0.1, 0.15) is 62.6 Å². The fourth-order valence-electron chi connectivity index (χ4n) is 4.30. The Labute approximate surface area is 187 Å². The molecule has 0 heterocycles. The number of amides is 2. The number of carbonyl (C=O) groups excluding carboxylic acids is 2. The molecule has 2 amide bonds. The summed E-state index contributed by atoms with van der Waals surface area (Å²) in [6, 6.07) is 18.4. The van der Waals surface area contributed by atoms with E-state index in [1.54, 1.807) is 4.90 Å². The third-order valence-corrected chi connectivity index (χ3v) is 6.41. The maximum absolute atomic E-state index is 13.2. The van der Waals surface area contributed by atoms with Crippen LogP contribution in [0.4, 0.5) is 0 Å². The number of hydrogen-bond donors (Lipinski definition) is 1. The molecule has 1 atom stereocenters. The maximum atomic E-state index is 13.2. The number of nitrogens with zero attached hydrogens (tertiary/aromatic N) is 1. The highest BCUT2D eigenvalue weighted by Crippen LogP contribution is 2.18. The summed E-state index contributed by atoms with van der Waals surface area (Å²) in [5.41, 5.74) is 3.65. The van der Waals surface area contributed by atoms with Gasteiger partial charge in [-0.15, -0.1) is 0 Å². The fraction of sp³-hybridized carbons (Fsp3) is 0.481. The molecule has 3 rings (SSSR count). The first-order valence-electron chi connectivity index (χ1n) is 11.8. The van der Waals surface area contributed by atoms with E-state index in [4.69, 9.17) is 0 Å². The minimum atomic E-state index is -0.459. The van der Waals surface area contributed by atoms with Crippen LogP contribution >= 0.6 is 0 Å². The second-order valence-corrected chi connectivity index (χ2v) is 8.66. The minimum absolute atomic E-state index is 0.0272. The lowest BCUT2D eigenvalue weighted by atomic mass is 10.0. The highest BCUT2D eigenvalue weighted by molar-refractivity contribution is 5.87. The zero-order valence-corrected chi connectivity index (χ0v) is 19.0. The zero-order valence-electron chi connectivity index (χ0n) is 19.0. The van der Waals surface area contributed by atoms with Crippen LogP contribution in [-0.4, -0.2) is 35.3 Å². The SMILES string of the molecule is CCc1ccc(CCC(=O)N(CCc2ccccc2)[C@H](C)C(=O)NC2CCCC2)cc1. The van der Waals surface area contributed by atoms with Crippen LogP contribution in [0.5, 0.6) is 0 Å². The molecule has 1 aliphatic rings. The Morgan fingerprint density at radius 1 is 0.935 bits per heavy atom. The molecule has 0 aromatic heterocycles. The summed E-state index contributed by atoms with van der Waals surface area (Å²) < 4.78 is 0. The van der Waals surface area contributed by atoms with Gasteiger partial charge in [-0.2, -0.15) is 0 Å². The van der Waals surface area contributed by atoms with Gasteiger partial charge in [0.25, 0.3) is 0 Å². The molecule has 4 nitrogen and oxygen atoms in total. The molecule has 0 spiro atoms. The summed E-state index contributed by atoms with van der Waals surface area (Å²) in [4.78, 5) is 27.9. The van der Waals surface area contributed by atoms with Crippen molar-refractivity contribution in [2.75, 3.05) is 6.54 Å². The molecule has 1 N–H and O–H groups in total. The molecule has 1 saturated carbocycles. The van der Waals surface area contributed by atoms with Crippen molar-refractivity contribution in [2.24, 2.45) is 0 Å². The van der Waals surface area contributed by atoms with Gasteiger partial charge in [0.2, 0.25) is 11.8 Å². The molecule has 0 saturated heterocycles. The third kappa shape index (κ3) is 6.95. The van der Waals surface area contributed by atoms with Crippen LogP contribution in [0.25, 0.3) is 0 Å². The van der Waals surface area contributed by atoms with Crippen molar-refractivity contribution in [3.8, 4) is 0 Å². The van der Waals surface area contributed by atoms with Gasteiger partial charge in [-0.05, 0) is 55.7 Å². The predicted molar refractivity (Wildman–Crippen MR) is 126 cm³/mol. The maximum Gasteiger partial charge on any atom is 0.242 e. The molecular formula is C27H36N2O2.